The first-order valence-electron chi connectivity index (χ1n) is 6.57. The normalized spacial score (nSPS) is 13.5. The number of rotatable bonds is 4. The molecule has 0 saturated heterocycles. The smallest absolute Gasteiger partial charge is 0.318 e. The number of carbonyl (C=O) groups is 1. The summed E-state index contributed by atoms with van der Waals surface area (Å²) >= 11 is 0. The van der Waals surface area contributed by atoms with E-state index in [2.05, 4.69) is 0 Å². The molecule has 2 rings (SSSR count). The molecule has 0 radical (unpaired) electrons. The number of benzene rings is 2. The molecule has 21 heavy (non-hydrogen) atoms. The lowest BCUT2D eigenvalue weighted by Gasteiger charge is -2.27. The maximum atomic E-state index is 11.9. The van der Waals surface area contributed by atoms with Gasteiger partial charge in [-0.1, -0.05) is 29.8 Å². The van der Waals surface area contributed by atoms with Crippen molar-refractivity contribution in [2.75, 3.05) is 7.11 Å². The minimum Gasteiger partial charge on any atom is -0.508 e. The highest BCUT2D eigenvalue weighted by Gasteiger charge is 2.39. The maximum absolute atomic E-state index is 11.9. The molecule has 0 heterocycles. The molecule has 110 valence electrons. The Hall–Kier alpha value is -2.49. The zero-order valence-corrected chi connectivity index (χ0v) is 12.3. The fourth-order valence-corrected chi connectivity index (χ4v) is 2.38. The van der Waals surface area contributed by atoms with Gasteiger partial charge in [0.25, 0.3) is 0 Å². The highest BCUT2D eigenvalue weighted by atomic mass is 16.5. The Labute approximate surface area is 123 Å². The molecule has 0 aliphatic rings. The Morgan fingerprint density at radius 3 is 2.52 bits per heavy atom. The SMILES string of the molecule is COc1cccc(C(C)(C(=O)O)c2cc(C)ccc2O)c1. The summed E-state index contributed by atoms with van der Waals surface area (Å²) in [5.74, 6) is -0.489. The van der Waals surface area contributed by atoms with Gasteiger partial charge in [-0.05, 0) is 37.6 Å². The van der Waals surface area contributed by atoms with Crippen LogP contribution in [0.25, 0.3) is 0 Å². The first-order chi connectivity index (χ1) is 9.89. The standard InChI is InChI=1S/C17H18O4/c1-11-7-8-15(18)14(9-11)17(2,16(19)20)12-5-4-6-13(10-12)21-3/h4-10,18H,1-3H3,(H,19,20). The molecule has 0 aliphatic heterocycles. The third-order valence-corrected chi connectivity index (χ3v) is 3.77. The maximum Gasteiger partial charge on any atom is 0.318 e. The molecule has 2 N–H and O–H groups in total. The molecule has 4 nitrogen and oxygen atoms in total. The van der Waals surface area contributed by atoms with Gasteiger partial charge in [-0.25, -0.2) is 0 Å². The van der Waals surface area contributed by atoms with Crippen molar-refractivity contribution < 1.29 is 19.7 Å². The van der Waals surface area contributed by atoms with E-state index in [1.54, 1.807) is 43.3 Å². The van der Waals surface area contributed by atoms with E-state index in [-0.39, 0.29) is 5.75 Å². The number of phenolic OH excluding ortho intramolecular Hbond substituents is 1. The van der Waals surface area contributed by atoms with Gasteiger partial charge in [-0.3, -0.25) is 4.79 Å². The molecule has 0 aromatic heterocycles. The van der Waals surface area contributed by atoms with Crippen LogP contribution in [-0.4, -0.2) is 23.3 Å². The molecular formula is C17H18O4. The summed E-state index contributed by atoms with van der Waals surface area (Å²) in [6.45, 7) is 3.44. The van der Waals surface area contributed by atoms with Gasteiger partial charge in [0, 0.05) is 5.56 Å². The number of methoxy groups -OCH3 is 1. The average molecular weight is 286 g/mol. The van der Waals surface area contributed by atoms with Crippen LogP contribution < -0.4 is 4.74 Å². The second-order valence-electron chi connectivity index (χ2n) is 5.18. The summed E-state index contributed by atoms with van der Waals surface area (Å²) in [5, 5.41) is 19.9. The molecule has 0 aliphatic carbocycles. The van der Waals surface area contributed by atoms with E-state index in [1.807, 2.05) is 6.92 Å². The minimum absolute atomic E-state index is 0.0340. The third kappa shape index (κ3) is 2.57. The number of aromatic hydroxyl groups is 1. The summed E-state index contributed by atoms with van der Waals surface area (Å²) in [7, 11) is 1.53. The van der Waals surface area contributed by atoms with Crippen molar-refractivity contribution in [1.29, 1.82) is 0 Å². The molecule has 1 unspecified atom stereocenters. The molecule has 0 saturated carbocycles. The highest BCUT2D eigenvalue weighted by Crippen LogP contribution is 2.39. The lowest BCUT2D eigenvalue weighted by molar-refractivity contribution is -0.141. The van der Waals surface area contributed by atoms with Crippen LogP contribution in [0.4, 0.5) is 0 Å². The van der Waals surface area contributed by atoms with Crippen LogP contribution in [0.1, 0.15) is 23.6 Å². The highest BCUT2D eigenvalue weighted by molar-refractivity contribution is 5.86. The fraction of sp³-hybridized carbons (Fsp3) is 0.235. The van der Waals surface area contributed by atoms with Crippen LogP contribution in [0.2, 0.25) is 0 Å². The summed E-state index contributed by atoms with van der Waals surface area (Å²) in [6.07, 6.45) is 0. The lowest BCUT2D eigenvalue weighted by atomic mass is 9.75. The second-order valence-corrected chi connectivity index (χ2v) is 5.18. The van der Waals surface area contributed by atoms with Gasteiger partial charge in [0.15, 0.2) is 0 Å². The number of ether oxygens (including phenoxy) is 1. The van der Waals surface area contributed by atoms with E-state index < -0.39 is 11.4 Å². The quantitative estimate of drug-likeness (QED) is 0.906. The largest absolute Gasteiger partial charge is 0.508 e. The van der Waals surface area contributed by atoms with E-state index in [0.717, 1.165) is 5.56 Å². The molecule has 4 heteroatoms. The van der Waals surface area contributed by atoms with E-state index >= 15 is 0 Å². The summed E-state index contributed by atoms with van der Waals surface area (Å²) in [5.41, 5.74) is 0.446. The van der Waals surface area contributed by atoms with Crippen molar-refractivity contribution in [2.45, 2.75) is 19.3 Å². The minimum atomic E-state index is -1.36. The van der Waals surface area contributed by atoms with Crippen molar-refractivity contribution in [1.82, 2.24) is 0 Å². The predicted octanol–water partition coefficient (Wildman–Crippen LogP) is 3.10. The number of carboxylic acid groups (broad SMARTS) is 1. The molecular weight excluding hydrogens is 268 g/mol. The van der Waals surface area contributed by atoms with Gasteiger partial charge in [0.05, 0.1) is 7.11 Å². The summed E-state index contributed by atoms with van der Waals surface area (Å²) in [4.78, 5) is 11.9. The number of aryl methyl sites for hydroxylation is 1. The van der Waals surface area contributed by atoms with Crippen molar-refractivity contribution in [2.24, 2.45) is 0 Å². The van der Waals surface area contributed by atoms with E-state index in [1.165, 1.54) is 13.2 Å². The van der Waals surface area contributed by atoms with Crippen LogP contribution >= 0.6 is 0 Å². The van der Waals surface area contributed by atoms with Crippen molar-refractivity contribution in [3.05, 3.63) is 59.2 Å². The summed E-state index contributed by atoms with van der Waals surface area (Å²) < 4.78 is 5.16. The lowest BCUT2D eigenvalue weighted by Crippen LogP contribution is -2.33. The van der Waals surface area contributed by atoms with Crippen molar-refractivity contribution in [3.63, 3.8) is 0 Å². The first kappa shape index (κ1) is 14.9. The van der Waals surface area contributed by atoms with Gasteiger partial charge in [-0.2, -0.15) is 0 Å². The number of hydrogen-bond acceptors (Lipinski definition) is 3. The van der Waals surface area contributed by atoms with Crippen molar-refractivity contribution >= 4 is 5.97 Å². The molecule has 0 spiro atoms. The predicted molar refractivity (Wildman–Crippen MR) is 79.9 cm³/mol. The van der Waals surface area contributed by atoms with Crippen LogP contribution in [-0.2, 0) is 10.2 Å². The molecule has 0 amide bonds. The number of hydrogen-bond donors (Lipinski definition) is 2. The zero-order valence-electron chi connectivity index (χ0n) is 12.3. The van der Waals surface area contributed by atoms with Crippen LogP contribution in [0.3, 0.4) is 0 Å². The Kier molecular flexibility index (Phi) is 3.89. The van der Waals surface area contributed by atoms with Crippen LogP contribution in [0, 0.1) is 6.92 Å². The number of carboxylic acids is 1. The fourth-order valence-electron chi connectivity index (χ4n) is 2.38. The number of phenols is 1. The topological polar surface area (TPSA) is 66.8 Å². The van der Waals surface area contributed by atoms with Gasteiger partial charge < -0.3 is 14.9 Å². The second kappa shape index (κ2) is 5.48. The third-order valence-electron chi connectivity index (χ3n) is 3.77. The molecule has 0 fully saturated rings. The molecule has 2 aromatic carbocycles. The van der Waals surface area contributed by atoms with Gasteiger partial charge in [0.1, 0.15) is 16.9 Å². The summed E-state index contributed by atoms with van der Waals surface area (Å²) in [6, 6.07) is 11.8. The van der Waals surface area contributed by atoms with Crippen LogP contribution in [0.15, 0.2) is 42.5 Å². The molecule has 2 aromatic rings. The average Bonchev–Trinajstić information content (AvgIpc) is 2.48. The zero-order chi connectivity index (χ0) is 15.6. The van der Waals surface area contributed by atoms with Gasteiger partial charge >= 0.3 is 5.97 Å². The van der Waals surface area contributed by atoms with E-state index in [4.69, 9.17) is 4.74 Å². The van der Waals surface area contributed by atoms with Crippen molar-refractivity contribution in [3.8, 4) is 11.5 Å². The Morgan fingerprint density at radius 1 is 1.19 bits per heavy atom. The van der Waals surface area contributed by atoms with Crippen LogP contribution in [0.5, 0.6) is 11.5 Å². The Morgan fingerprint density at radius 2 is 1.90 bits per heavy atom. The van der Waals surface area contributed by atoms with E-state index in [0.29, 0.717) is 16.9 Å². The number of aliphatic carboxylic acids is 1. The monoisotopic (exact) mass is 286 g/mol. The van der Waals surface area contributed by atoms with Gasteiger partial charge in [-0.15, -0.1) is 0 Å². The Balaban J connectivity index is 2.70. The van der Waals surface area contributed by atoms with E-state index in [9.17, 15) is 15.0 Å². The molecule has 0 bridgehead atoms. The molecule has 1 atom stereocenters. The first-order valence-corrected chi connectivity index (χ1v) is 6.57. The Bertz CT molecular complexity index is 678. The van der Waals surface area contributed by atoms with Gasteiger partial charge in [0.2, 0.25) is 0 Å².